The van der Waals surface area contributed by atoms with Crippen molar-refractivity contribution < 1.29 is 93.1 Å². The summed E-state index contributed by atoms with van der Waals surface area (Å²) in [6.07, 6.45) is -16.6. The predicted octanol–water partition coefficient (Wildman–Crippen LogP) is -3.35. The second-order valence-corrected chi connectivity index (χ2v) is 16.6. The number of benzene rings is 3. The number of phenols is 3. The third kappa shape index (κ3) is 12.2. The number of ether oxygens (including phenoxy) is 8. The van der Waals surface area contributed by atoms with Gasteiger partial charge in [0.1, 0.15) is 109 Å². The van der Waals surface area contributed by atoms with E-state index in [9.17, 15) is 55.2 Å². The number of hydrogen-bond acceptors (Lipinski definition) is 25. The second kappa shape index (κ2) is 23.3. The van der Waals surface area contributed by atoms with Gasteiger partial charge in [-0.05, 0) is 75.7 Å². The number of nitrogens with one attached hydrogen (secondary N) is 3. The molecule has 6 rings (SSSR count). The van der Waals surface area contributed by atoms with E-state index in [2.05, 4.69) is 16.0 Å². The fourth-order valence-electron chi connectivity index (χ4n) is 8.41. The van der Waals surface area contributed by atoms with Crippen LogP contribution in [-0.2, 0) is 37.9 Å². The Morgan fingerprint density at radius 1 is 0.478 bits per heavy atom. The molecule has 3 fully saturated rings. The highest BCUT2D eigenvalue weighted by atomic mass is 16.7. The van der Waals surface area contributed by atoms with Crippen LogP contribution in [0.3, 0.4) is 0 Å². The number of hydrogen-bond donors (Lipinski definition) is 14. The molecule has 17 N–H and O–H groups in total. The van der Waals surface area contributed by atoms with E-state index in [1.807, 2.05) is 0 Å². The molecule has 25 nitrogen and oxygen atoms in total. The Kier molecular flexibility index (Phi) is 17.8. The van der Waals surface area contributed by atoms with Crippen LogP contribution >= 0.6 is 0 Å². The summed E-state index contributed by atoms with van der Waals surface area (Å²) >= 11 is 0. The molecule has 3 aromatic rings. The monoisotopic (exact) mass is 976 g/mol. The van der Waals surface area contributed by atoms with Crippen LogP contribution in [-0.4, -0.2) is 204 Å². The molecule has 0 aromatic heterocycles. The first-order valence-corrected chi connectivity index (χ1v) is 21.8. The molecule has 3 aliphatic heterocycles. The maximum Gasteiger partial charge on any atom is 0.342 e. The van der Waals surface area contributed by atoms with E-state index < -0.39 is 160 Å². The molecular weight excluding hydrogens is 917 g/mol. The Bertz CT molecular complexity index is 2240. The number of anilines is 3. The van der Waals surface area contributed by atoms with Gasteiger partial charge in [0.05, 0.1) is 43.5 Å². The van der Waals surface area contributed by atoms with Crippen molar-refractivity contribution in [2.24, 2.45) is 0 Å². The predicted molar refractivity (Wildman–Crippen MR) is 239 cm³/mol. The van der Waals surface area contributed by atoms with Crippen molar-refractivity contribution in [1.29, 1.82) is 0 Å². The van der Waals surface area contributed by atoms with E-state index in [-0.39, 0.29) is 33.8 Å². The highest BCUT2D eigenvalue weighted by Crippen LogP contribution is 2.31. The summed E-state index contributed by atoms with van der Waals surface area (Å²) in [5.41, 5.74) is 17.1. The Balaban J connectivity index is 1.20. The SMILES string of the molecule is CNC1C(O)OC(COC(=O)c2cc(N)ccc2O)C(OCC2OC(COC(=O)c3cc(N)ccc3O)C(OCC3OC(COC(=O)c4cc(N)ccc4O)C(O)C(O)C3NC)C(O)C2NC)C1O. The zero-order valence-corrected chi connectivity index (χ0v) is 37.7. The first-order valence-electron chi connectivity index (χ1n) is 21.8. The van der Waals surface area contributed by atoms with Crippen LogP contribution in [0.25, 0.3) is 0 Å². The molecule has 3 saturated heterocycles. The standard InChI is InChI=1S/C44H60N6O19/c1-48-32-27(67-29(35(54)36(32)55)15-64-41(58)21-10-18(45)4-7-24(21)51)13-62-39-30(16-65-42(59)22-11-19(46)5-8-25(22)52)68-28(33(49-2)37(39)56)14-63-40-31(69-44(61)34(50-3)38(40)57)17-66-43(60)23-12-20(47)6-9-26(23)53/h4-12,27-40,44,48-57,61H,13-17,45-47H2,1-3H3. The van der Waals surface area contributed by atoms with Gasteiger partial charge in [-0.1, -0.05) is 0 Å². The lowest BCUT2D eigenvalue weighted by atomic mass is 9.91. The lowest BCUT2D eigenvalue weighted by Gasteiger charge is -2.47. The molecule has 0 amide bonds. The van der Waals surface area contributed by atoms with E-state index >= 15 is 0 Å². The van der Waals surface area contributed by atoms with Crippen LogP contribution in [0, 0.1) is 0 Å². The molecule has 0 bridgehead atoms. The maximum absolute atomic E-state index is 13.3. The quantitative estimate of drug-likeness (QED) is 0.0256. The zero-order chi connectivity index (χ0) is 50.3. The topological polar surface area (TPSA) is 401 Å². The van der Waals surface area contributed by atoms with Crippen molar-refractivity contribution >= 4 is 35.0 Å². The Labute approximate surface area is 394 Å². The van der Waals surface area contributed by atoms with Crippen LogP contribution in [0.1, 0.15) is 31.1 Å². The van der Waals surface area contributed by atoms with Gasteiger partial charge < -0.3 is 112 Å². The summed E-state index contributed by atoms with van der Waals surface area (Å²) in [6, 6.07) is 8.18. The van der Waals surface area contributed by atoms with Gasteiger partial charge in [0.25, 0.3) is 0 Å². The van der Waals surface area contributed by atoms with Gasteiger partial charge >= 0.3 is 17.9 Å². The smallest absolute Gasteiger partial charge is 0.342 e. The molecule has 69 heavy (non-hydrogen) atoms. The first-order chi connectivity index (χ1) is 32.9. The number of esters is 3. The number of carbonyl (C=O) groups is 3. The van der Waals surface area contributed by atoms with Gasteiger partial charge in [-0.2, -0.15) is 0 Å². The van der Waals surface area contributed by atoms with E-state index in [0.717, 1.165) is 0 Å². The van der Waals surface area contributed by atoms with Crippen LogP contribution in [0.15, 0.2) is 54.6 Å². The van der Waals surface area contributed by atoms with Gasteiger partial charge in [-0.15, -0.1) is 0 Å². The van der Waals surface area contributed by atoms with E-state index in [0.29, 0.717) is 0 Å². The highest BCUT2D eigenvalue weighted by molar-refractivity contribution is 5.94. The van der Waals surface area contributed by atoms with Crippen LogP contribution in [0.4, 0.5) is 17.1 Å². The Morgan fingerprint density at radius 3 is 1.23 bits per heavy atom. The van der Waals surface area contributed by atoms with Crippen molar-refractivity contribution in [2.75, 3.05) is 71.4 Å². The summed E-state index contributed by atoms with van der Waals surface area (Å²) < 4.78 is 47.0. The summed E-state index contributed by atoms with van der Waals surface area (Å²) in [5.74, 6) is -4.26. The molecule has 3 heterocycles. The van der Waals surface area contributed by atoms with E-state index in [1.165, 1.54) is 75.7 Å². The third-order valence-corrected chi connectivity index (χ3v) is 12.1. The molecule has 0 radical (unpaired) electrons. The van der Waals surface area contributed by atoms with Gasteiger partial charge in [0.15, 0.2) is 6.29 Å². The molecule has 0 spiro atoms. The number of aromatic hydroxyl groups is 3. The molecule has 3 aromatic carbocycles. The number of nitrogen functional groups attached to an aromatic ring is 3. The zero-order valence-electron chi connectivity index (χ0n) is 37.7. The average molecular weight is 977 g/mol. The molecular formula is C44H60N6O19. The number of likely N-dealkylation sites (N-methyl/N-ethyl adjacent to an activating group) is 3. The summed E-state index contributed by atoms with van der Waals surface area (Å²) in [4.78, 5) is 39.1. The minimum atomic E-state index is -1.60. The Morgan fingerprint density at radius 2 is 0.826 bits per heavy atom. The van der Waals surface area contributed by atoms with Crippen molar-refractivity contribution in [3.05, 3.63) is 71.3 Å². The maximum atomic E-state index is 13.3. The number of aliphatic hydroxyl groups is 5. The number of nitrogens with two attached hydrogens (primary N) is 3. The molecule has 0 aliphatic carbocycles. The average Bonchev–Trinajstić information content (AvgIpc) is 3.32. The van der Waals surface area contributed by atoms with Crippen molar-refractivity contribution in [3.63, 3.8) is 0 Å². The fourth-order valence-corrected chi connectivity index (χ4v) is 8.41. The van der Waals surface area contributed by atoms with Crippen molar-refractivity contribution in [1.82, 2.24) is 16.0 Å². The number of aliphatic hydroxyl groups excluding tert-OH is 5. The second-order valence-electron chi connectivity index (χ2n) is 16.6. The van der Waals surface area contributed by atoms with Gasteiger partial charge in [-0.25, -0.2) is 14.4 Å². The summed E-state index contributed by atoms with van der Waals surface area (Å²) in [6.45, 7) is -2.64. The molecule has 380 valence electrons. The van der Waals surface area contributed by atoms with E-state index in [1.54, 1.807) is 0 Å². The van der Waals surface area contributed by atoms with Gasteiger partial charge in [-0.3, -0.25) is 0 Å². The Hall–Kier alpha value is -5.65. The van der Waals surface area contributed by atoms with Crippen molar-refractivity contribution in [2.45, 2.75) is 91.6 Å². The molecule has 15 atom stereocenters. The van der Waals surface area contributed by atoms with Crippen LogP contribution < -0.4 is 33.2 Å². The van der Waals surface area contributed by atoms with Gasteiger partial charge in [0.2, 0.25) is 0 Å². The first kappa shape index (κ1) is 52.7. The number of phenolic OH excluding ortho intramolecular Hbond substituents is 3. The molecule has 25 heteroatoms. The largest absolute Gasteiger partial charge is 0.507 e. The lowest BCUT2D eigenvalue weighted by Crippen LogP contribution is -2.67. The minimum Gasteiger partial charge on any atom is -0.507 e. The number of rotatable bonds is 18. The fraction of sp³-hybridized carbons (Fsp3) is 0.523. The van der Waals surface area contributed by atoms with Crippen LogP contribution in [0.2, 0.25) is 0 Å². The molecule has 15 unspecified atom stereocenters. The number of carbonyl (C=O) groups excluding carboxylic acids is 3. The third-order valence-electron chi connectivity index (χ3n) is 12.1. The van der Waals surface area contributed by atoms with Crippen LogP contribution in [0.5, 0.6) is 17.2 Å². The normalized spacial score (nSPS) is 31.4. The highest BCUT2D eigenvalue weighted by Gasteiger charge is 2.51. The van der Waals surface area contributed by atoms with Gasteiger partial charge in [0, 0.05) is 17.1 Å². The minimum absolute atomic E-state index is 0.145. The molecule has 0 saturated carbocycles. The summed E-state index contributed by atoms with van der Waals surface area (Å²) in [7, 11) is 4.44. The summed E-state index contributed by atoms with van der Waals surface area (Å²) in [5, 5.41) is 95.7. The lowest BCUT2D eigenvalue weighted by molar-refractivity contribution is -0.276. The van der Waals surface area contributed by atoms with E-state index in [4.69, 9.17) is 55.1 Å². The van der Waals surface area contributed by atoms with Crippen molar-refractivity contribution in [3.8, 4) is 17.2 Å². The molecule has 3 aliphatic rings.